The van der Waals surface area contributed by atoms with Crippen molar-refractivity contribution in [3.8, 4) is 11.5 Å². The molecular weight excluding hydrogens is 403 g/mol. The minimum absolute atomic E-state index is 0.129. The fourth-order valence-corrected chi connectivity index (χ4v) is 2.23. The molecule has 0 aromatic heterocycles. The van der Waals surface area contributed by atoms with Crippen molar-refractivity contribution in [3.63, 3.8) is 0 Å². The average Bonchev–Trinajstić information content (AvgIpc) is 3.12. The van der Waals surface area contributed by atoms with E-state index in [1.165, 1.54) is 0 Å². The second-order valence-corrected chi connectivity index (χ2v) is 5.94. The molecule has 0 bridgehead atoms. The molecule has 1 aromatic carbocycles. The zero-order valence-electron chi connectivity index (χ0n) is 14.2. The highest BCUT2D eigenvalue weighted by Crippen LogP contribution is 2.30. The van der Waals surface area contributed by atoms with Crippen LogP contribution in [0.5, 0.6) is 11.5 Å². The number of alkyl halides is 7. The molecule has 1 aliphatic heterocycles. The third-order valence-electron chi connectivity index (χ3n) is 3.52. The number of hydrogen-bond acceptors (Lipinski definition) is 4. The topological polar surface area (TPSA) is 56.8 Å². The molecule has 0 spiro atoms. The molecule has 28 heavy (non-hydrogen) atoms. The van der Waals surface area contributed by atoms with Crippen molar-refractivity contribution in [2.24, 2.45) is 0 Å². The molecule has 1 aliphatic rings. The van der Waals surface area contributed by atoms with Crippen LogP contribution in [0.1, 0.15) is 12.8 Å². The van der Waals surface area contributed by atoms with Crippen molar-refractivity contribution in [2.45, 2.75) is 37.5 Å². The Hall–Kier alpha value is -2.24. The number of ether oxygens (including phenoxy) is 3. The van der Waals surface area contributed by atoms with Gasteiger partial charge in [0, 0.05) is 30.5 Å². The minimum Gasteiger partial charge on any atom is -0.487 e. The van der Waals surface area contributed by atoms with Gasteiger partial charge < -0.3 is 19.5 Å². The molecule has 158 valence electrons. The van der Waals surface area contributed by atoms with Gasteiger partial charge in [-0.3, -0.25) is 4.79 Å². The Bertz CT molecular complexity index is 675. The van der Waals surface area contributed by atoms with Crippen LogP contribution in [-0.4, -0.2) is 50.4 Å². The first kappa shape index (κ1) is 22.1. The summed E-state index contributed by atoms with van der Waals surface area (Å²) in [6.45, 7) is -3.04. The maximum atomic E-state index is 13.0. The molecule has 0 saturated carbocycles. The molecule has 0 radical (unpaired) electrons. The van der Waals surface area contributed by atoms with Gasteiger partial charge >= 0.3 is 18.5 Å². The lowest BCUT2D eigenvalue weighted by Gasteiger charge is -2.18. The summed E-state index contributed by atoms with van der Waals surface area (Å²) in [6.07, 6.45) is -8.37. The van der Waals surface area contributed by atoms with Gasteiger partial charge in [-0.2, -0.15) is 22.0 Å². The van der Waals surface area contributed by atoms with E-state index in [1.54, 1.807) is 0 Å². The van der Waals surface area contributed by atoms with Crippen LogP contribution in [0.15, 0.2) is 18.2 Å². The largest absolute Gasteiger partial charge is 0.487 e. The van der Waals surface area contributed by atoms with Gasteiger partial charge in [-0.25, -0.2) is 8.78 Å². The van der Waals surface area contributed by atoms with E-state index in [2.05, 4.69) is 14.8 Å². The van der Waals surface area contributed by atoms with Crippen LogP contribution in [0.3, 0.4) is 0 Å². The molecule has 1 aromatic rings. The highest BCUT2D eigenvalue weighted by Gasteiger charge is 2.41. The van der Waals surface area contributed by atoms with E-state index in [4.69, 9.17) is 4.74 Å². The van der Waals surface area contributed by atoms with E-state index in [1.807, 2.05) is 0 Å². The van der Waals surface area contributed by atoms with Crippen LogP contribution >= 0.6 is 0 Å². The molecule has 1 atom stereocenters. The van der Waals surface area contributed by atoms with Gasteiger partial charge in [-0.1, -0.05) is 0 Å². The normalized spacial score (nSPS) is 17.6. The van der Waals surface area contributed by atoms with Crippen molar-refractivity contribution in [1.82, 2.24) is 0 Å². The number of carbonyl (C=O) groups is 1. The third-order valence-corrected chi connectivity index (χ3v) is 3.52. The molecule has 0 unspecified atom stereocenters. The Labute approximate surface area is 154 Å². The number of rotatable bonds is 8. The summed E-state index contributed by atoms with van der Waals surface area (Å²) >= 11 is 0. The summed E-state index contributed by atoms with van der Waals surface area (Å²) in [5, 5.41) is 2.34. The van der Waals surface area contributed by atoms with E-state index in [0.717, 1.165) is 18.2 Å². The van der Waals surface area contributed by atoms with E-state index in [-0.39, 0.29) is 5.69 Å². The minimum atomic E-state index is -4.68. The van der Waals surface area contributed by atoms with E-state index >= 15 is 0 Å². The maximum Gasteiger partial charge on any atom is 0.422 e. The fraction of sp³-hybridized carbons (Fsp3) is 0.562. The summed E-state index contributed by atoms with van der Waals surface area (Å²) in [5.41, 5.74) is -0.129. The summed E-state index contributed by atoms with van der Waals surface area (Å²) in [4.78, 5) is 12.0. The first-order chi connectivity index (χ1) is 13.0. The molecular formula is C16H16F7NO4. The van der Waals surface area contributed by atoms with E-state index < -0.39 is 55.2 Å². The molecule has 1 heterocycles. The molecule has 1 N–H and O–H groups in total. The Morgan fingerprint density at radius 1 is 1.11 bits per heavy atom. The first-order valence-electron chi connectivity index (χ1n) is 8.02. The molecule has 1 fully saturated rings. The smallest absolute Gasteiger partial charge is 0.422 e. The number of carbonyl (C=O) groups excluding carboxylic acids is 1. The maximum absolute atomic E-state index is 13.0. The Morgan fingerprint density at radius 2 is 1.71 bits per heavy atom. The highest BCUT2D eigenvalue weighted by molar-refractivity contribution is 5.94. The fourth-order valence-electron chi connectivity index (χ4n) is 2.23. The lowest BCUT2D eigenvalue weighted by molar-refractivity contribution is -0.153. The SMILES string of the molecule is O=C(Nc1cc(OCC(F)(F)F)cc(OCC(F)(F)C(F)F)c1)[C@H]1CCCO1. The summed E-state index contributed by atoms with van der Waals surface area (Å²) in [6, 6.07) is 2.82. The second kappa shape index (κ2) is 8.84. The Morgan fingerprint density at radius 3 is 2.21 bits per heavy atom. The number of halogens is 7. The van der Waals surface area contributed by atoms with Gasteiger partial charge in [-0.15, -0.1) is 0 Å². The standard InChI is InChI=1S/C16H16F7NO4/c17-14(18)15(19,20)7-27-10-4-9(24-13(25)12-2-1-3-26-12)5-11(6-10)28-8-16(21,22)23/h4-6,12,14H,1-3,7-8H2,(H,24,25)/t12-/m1/s1. The van der Waals surface area contributed by atoms with Gasteiger partial charge in [0.05, 0.1) is 0 Å². The van der Waals surface area contributed by atoms with Gasteiger partial charge in [-0.05, 0) is 12.8 Å². The van der Waals surface area contributed by atoms with Gasteiger partial charge in [0.1, 0.15) is 17.6 Å². The average molecular weight is 419 g/mol. The predicted octanol–water partition coefficient (Wildman–Crippen LogP) is 4.02. The summed E-state index contributed by atoms with van der Waals surface area (Å²) < 4.78 is 102. The van der Waals surface area contributed by atoms with Crippen LogP contribution < -0.4 is 14.8 Å². The van der Waals surface area contributed by atoms with Gasteiger partial charge in [0.25, 0.3) is 5.91 Å². The van der Waals surface area contributed by atoms with E-state index in [9.17, 15) is 35.5 Å². The quantitative estimate of drug-likeness (QED) is 0.647. The number of amides is 1. The van der Waals surface area contributed by atoms with Crippen LogP contribution in [0.4, 0.5) is 36.4 Å². The van der Waals surface area contributed by atoms with Crippen LogP contribution in [0, 0.1) is 0 Å². The van der Waals surface area contributed by atoms with Crippen LogP contribution in [0.2, 0.25) is 0 Å². The first-order valence-corrected chi connectivity index (χ1v) is 8.02. The van der Waals surface area contributed by atoms with Crippen molar-refractivity contribution in [1.29, 1.82) is 0 Å². The molecule has 5 nitrogen and oxygen atoms in total. The number of benzene rings is 1. The van der Waals surface area contributed by atoms with Crippen LogP contribution in [0.25, 0.3) is 0 Å². The van der Waals surface area contributed by atoms with Crippen molar-refractivity contribution in [3.05, 3.63) is 18.2 Å². The van der Waals surface area contributed by atoms with Crippen molar-refractivity contribution in [2.75, 3.05) is 25.1 Å². The molecule has 12 heteroatoms. The zero-order chi connectivity index (χ0) is 20.9. The predicted molar refractivity (Wildman–Crippen MR) is 82.0 cm³/mol. The van der Waals surface area contributed by atoms with Crippen molar-refractivity contribution >= 4 is 11.6 Å². The highest BCUT2D eigenvalue weighted by atomic mass is 19.4. The lowest BCUT2D eigenvalue weighted by atomic mass is 10.2. The number of anilines is 1. The molecule has 1 amide bonds. The van der Waals surface area contributed by atoms with Crippen LogP contribution in [-0.2, 0) is 9.53 Å². The van der Waals surface area contributed by atoms with Gasteiger partial charge in [0.2, 0.25) is 0 Å². The van der Waals surface area contributed by atoms with Gasteiger partial charge in [0.15, 0.2) is 13.2 Å². The number of nitrogens with one attached hydrogen (secondary N) is 1. The Kier molecular flexibility index (Phi) is 6.96. The second-order valence-electron chi connectivity index (χ2n) is 5.94. The Balaban J connectivity index is 2.16. The summed E-state index contributed by atoms with van der Waals surface area (Å²) in [7, 11) is 0. The molecule has 0 aliphatic carbocycles. The lowest BCUT2D eigenvalue weighted by Crippen LogP contribution is -2.33. The molecule has 1 saturated heterocycles. The zero-order valence-corrected chi connectivity index (χ0v) is 14.2. The summed E-state index contributed by atoms with van der Waals surface area (Å²) in [5.74, 6) is -6.01. The monoisotopic (exact) mass is 419 g/mol. The van der Waals surface area contributed by atoms with E-state index in [0.29, 0.717) is 19.4 Å². The molecule has 2 rings (SSSR count). The van der Waals surface area contributed by atoms with Crippen molar-refractivity contribution < 1.29 is 49.7 Å². The third kappa shape index (κ3) is 6.73. The number of hydrogen-bond donors (Lipinski definition) is 1.